The molecule has 0 spiro atoms. The highest BCUT2D eigenvalue weighted by Crippen LogP contribution is 2.50. The maximum absolute atomic E-state index is 13.4. The maximum atomic E-state index is 13.4. The molecule has 2 rings (SSSR count). The number of alkyl carbamates (subject to hydrolysis) is 2. The van der Waals surface area contributed by atoms with Crippen molar-refractivity contribution < 1.29 is 42.8 Å². The first kappa shape index (κ1) is 32.3. The van der Waals surface area contributed by atoms with Gasteiger partial charge in [-0.2, -0.15) is 0 Å². The van der Waals surface area contributed by atoms with Gasteiger partial charge in [0.05, 0.1) is 13.5 Å². The first-order valence-electron chi connectivity index (χ1n) is 12.7. The van der Waals surface area contributed by atoms with E-state index < -0.39 is 55.5 Å². The topological polar surface area (TPSA) is 169 Å². The fraction of sp³-hybridized carbons (Fsp3) is 0.407. The monoisotopic (exact) mass is 577 g/mol. The van der Waals surface area contributed by atoms with Crippen molar-refractivity contribution >= 4 is 31.4 Å². The van der Waals surface area contributed by atoms with E-state index in [4.69, 9.17) is 9.47 Å². The number of carbonyl (C=O) groups excluding carboxylic acids is 4. The molecule has 0 saturated carbocycles. The minimum atomic E-state index is -4.50. The number of hydrogen-bond donors (Lipinski definition) is 4. The highest BCUT2D eigenvalue weighted by Gasteiger charge is 2.41. The Hall–Kier alpha value is -3.89. The molecular formula is C27H36N3O9P. The summed E-state index contributed by atoms with van der Waals surface area (Å²) < 4.78 is 28.3. The van der Waals surface area contributed by atoms with Crippen LogP contribution >= 0.6 is 7.37 Å². The molecule has 40 heavy (non-hydrogen) atoms. The molecule has 0 radical (unpaired) electrons. The van der Waals surface area contributed by atoms with Crippen LogP contribution < -0.4 is 16.0 Å². The predicted molar refractivity (Wildman–Crippen MR) is 146 cm³/mol. The van der Waals surface area contributed by atoms with Gasteiger partial charge in [0, 0.05) is 0 Å². The third kappa shape index (κ3) is 10.7. The summed E-state index contributed by atoms with van der Waals surface area (Å²) in [6.07, 6.45) is -1.79. The van der Waals surface area contributed by atoms with Crippen LogP contribution in [0.4, 0.5) is 9.59 Å². The number of amides is 3. The van der Waals surface area contributed by atoms with Gasteiger partial charge in [-0.05, 0) is 24.5 Å². The maximum Gasteiger partial charge on any atom is 0.408 e. The molecule has 0 aliphatic rings. The van der Waals surface area contributed by atoms with Crippen molar-refractivity contribution in [1.29, 1.82) is 0 Å². The zero-order valence-corrected chi connectivity index (χ0v) is 23.6. The lowest BCUT2D eigenvalue weighted by Crippen LogP contribution is -2.51. The van der Waals surface area contributed by atoms with E-state index in [9.17, 15) is 28.6 Å². The number of esters is 1. The number of ether oxygens (including phenoxy) is 3. The summed E-state index contributed by atoms with van der Waals surface area (Å²) in [4.78, 5) is 60.7. The van der Waals surface area contributed by atoms with Crippen molar-refractivity contribution in [3.63, 3.8) is 0 Å². The van der Waals surface area contributed by atoms with E-state index in [0.29, 0.717) is 12.0 Å². The van der Waals surface area contributed by atoms with Crippen molar-refractivity contribution in [3.05, 3.63) is 71.8 Å². The number of rotatable bonds is 14. The van der Waals surface area contributed by atoms with Gasteiger partial charge < -0.3 is 35.1 Å². The van der Waals surface area contributed by atoms with Crippen LogP contribution in [-0.4, -0.2) is 53.7 Å². The molecule has 0 aromatic heterocycles. The molecule has 3 amide bonds. The Bertz CT molecular complexity index is 1160. The van der Waals surface area contributed by atoms with Gasteiger partial charge in [0.1, 0.15) is 30.8 Å². The highest BCUT2D eigenvalue weighted by molar-refractivity contribution is 7.59. The number of methoxy groups -OCH3 is 1. The molecule has 0 saturated heterocycles. The molecule has 0 fully saturated rings. The van der Waals surface area contributed by atoms with Crippen molar-refractivity contribution in [2.75, 3.05) is 7.11 Å². The SMILES string of the molecule is CCC[C@H](NC(=O)OCc1ccccc1)C(=O)NC(CC(=O)OC)P(=O)(O)C(C)NC(=O)OCc1ccccc1. The van der Waals surface area contributed by atoms with Crippen LogP contribution in [0.2, 0.25) is 0 Å². The molecule has 13 heteroatoms. The normalized spacial score (nSPS) is 14.4. The third-order valence-electron chi connectivity index (χ3n) is 5.84. The minimum absolute atomic E-state index is 0.0203. The molecule has 2 aromatic rings. The second-order valence-corrected chi connectivity index (χ2v) is 11.6. The lowest BCUT2D eigenvalue weighted by Gasteiger charge is -2.29. The van der Waals surface area contributed by atoms with Gasteiger partial charge >= 0.3 is 18.2 Å². The average molecular weight is 578 g/mol. The molecule has 0 aliphatic heterocycles. The molecule has 2 aromatic carbocycles. The molecular weight excluding hydrogens is 541 g/mol. The van der Waals surface area contributed by atoms with Crippen LogP contribution in [0.5, 0.6) is 0 Å². The summed E-state index contributed by atoms with van der Waals surface area (Å²) in [6.45, 7) is 2.95. The van der Waals surface area contributed by atoms with Crippen LogP contribution in [0.15, 0.2) is 60.7 Å². The van der Waals surface area contributed by atoms with E-state index in [2.05, 4.69) is 20.7 Å². The Morgan fingerprint density at radius 1 is 0.850 bits per heavy atom. The quantitative estimate of drug-likeness (QED) is 0.149. The van der Waals surface area contributed by atoms with E-state index in [1.165, 1.54) is 6.92 Å². The first-order chi connectivity index (χ1) is 19.1. The second-order valence-electron chi connectivity index (χ2n) is 8.91. The van der Waals surface area contributed by atoms with E-state index in [-0.39, 0.29) is 19.6 Å². The van der Waals surface area contributed by atoms with Gasteiger partial charge in [-0.15, -0.1) is 0 Å². The second kappa shape index (κ2) is 16.3. The molecule has 4 atom stereocenters. The largest absolute Gasteiger partial charge is 0.469 e. The number of carbonyl (C=O) groups is 4. The summed E-state index contributed by atoms with van der Waals surface area (Å²) in [5, 5.41) is 7.13. The van der Waals surface area contributed by atoms with Crippen LogP contribution in [0.3, 0.4) is 0 Å². The van der Waals surface area contributed by atoms with E-state index in [0.717, 1.165) is 12.7 Å². The minimum Gasteiger partial charge on any atom is -0.469 e. The van der Waals surface area contributed by atoms with Crippen LogP contribution in [0.25, 0.3) is 0 Å². The molecule has 218 valence electrons. The predicted octanol–water partition coefficient (Wildman–Crippen LogP) is 3.63. The Morgan fingerprint density at radius 2 is 1.35 bits per heavy atom. The van der Waals surface area contributed by atoms with Crippen molar-refractivity contribution in [1.82, 2.24) is 16.0 Å². The Balaban J connectivity index is 2.06. The van der Waals surface area contributed by atoms with E-state index >= 15 is 0 Å². The number of nitrogens with one attached hydrogen (secondary N) is 3. The fourth-order valence-electron chi connectivity index (χ4n) is 3.54. The smallest absolute Gasteiger partial charge is 0.408 e. The van der Waals surface area contributed by atoms with Gasteiger partial charge in [-0.1, -0.05) is 74.0 Å². The van der Waals surface area contributed by atoms with Gasteiger partial charge in [0.15, 0.2) is 0 Å². The lowest BCUT2D eigenvalue weighted by atomic mass is 10.1. The highest BCUT2D eigenvalue weighted by atomic mass is 31.2. The molecule has 0 aliphatic carbocycles. The summed E-state index contributed by atoms with van der Waals surface area (Å²) >= 11 is 0. The third-order valence-corrected chi connectivity index (χ3v) is 8.28. The van der Waals surface area contributed by atoms with Crippen molar-refractivity contribution in [2.45, 2.75) is 63.9 Å². The Kier molecular flexibility index (Phi) is 13.1. The average Bonchev–Trinajstić information content (AvgIpc) is 2.95. The van der Waals surface area contributed by atoms with Gasteiger partial charge in [0.25, 0.3) is 0 Å². The van der Waals surface area contributed by atoms with E-state index in [1.54, 1.807) is 61.5 Å². The van der Waals surface area contributed by atoms with Crippen LogP contribution in [-0.2, 0) is 41.6 Å². The standard InChI is InChI=1S/C27H36N3O9P/c1-4-11-22(29-27(34)39-18-21-14-9-6-10-15-21)25(32)30-23(16-24(31)37-3)40(35,36)19(2)28-26(33)38-17-20-12-7-5-8-13-20/h5-10,12-15,19,22-23H,4,11,16-18H2,1-3H3,(H,28,33)(H,29,34)(H,30,32)(H,35,36)/t19?,22-,23?/m0/s1. The summed E-state index contributed by atoms with van der Waals surface area (Å²) in [7, 11) is -3.40. The molecule has 4 N–H and O–H groups in total. The Labute approximate surface area is 233 Å². The first-order valence-corrected chi connectivity index (χ1v) is 14.5. The van der Waals surface area contributed by atoms with Crippen molar-refractivity contribution in [3.8, 4) is 0 Å². The van der Waals surface area contributed by atoms with Crippen LogP contribution in [0, 0.1) is 0 Å². The lowest BCUT2D eigenvalue weighted by molar-refractivity contribution is -0.140. The van der Waals surface area contributed by atoms with Crippen LogP contribution in [0.1, 0.15) is 44.2 Å². The van der Waals surface area contributed by atoms with E-state index in [1.807, 2.05) is 6.07 Å². The molecule has 12 nitrogen and oxygen atoms in total. The number of benzene rings is 2. The fourth-order valence-corrected chi connectivity index (χ4v) is 5.10. The Morgan fingerprint density at radius 3 is 1.82 bits per heavy atom. The van der Waals surface area contributed by atoms with Gasteiger partial charge in [-0.25, -0.2) is 9.59 Å². The molecule has 0 bridgehead atoms. The van der Waals surface area contributed by atoms with Gasteiger partial charge in [-0.3, -0.25) is 14.2 Å². The summed E-state index contributed by atoms with van der Waals surface area (Å²) in [5.41, 5.74) is 1.46. The molecule has 3 unspecified atom stereocenters. The van der Waals surface area contributed by atoms with Crippen molar-refractivity contribution in [2.24, 2.45) is 0 Å². The molecule has 0 heterocycles. The number of hydrogen-bond acceptors (Lipinski definition) is 8. The zero-order valence-electron chi connectivity index (χ0n) is 22.7. The van der Waals surface area contributed by atoms with Gasteiger partial charge in [0.2, 0.25) is 13.3 Å². The summed E-state index contributed by atoms with van der Waals surface area (Å²) in [5.74, 6) is -4.70. The zero-order chi connectivity index (χ0) is 29.5. The summed E-state index contributed by atoms with van der Waals surface area (Å²) in [6, 6.07) is 16.6.